The molecule has 0 unspecified atom stereocenters. The number of ether oxygens (including phenoxy) is 2. The smallest absolute Gasteiger partial charge is 0.185 e. The van der Waals surface area contributed by atoms with Gasteiger partial charge in [-0.1, -0.05) is 6.07 Å². The van der Waals surface area contributed by atoms with Gasteiger partial charge in [0.1, 0.15) is 17.2 Å². The fourth-order valence-electron chi connectivity index (χ4n) is 1.99. The standard InChI is InChI=1S/C15H14N4O2/c1-20-10-6-7-13(21-2)11(9-10)14-17-15(19-18-14)12-5-3-4-8-16-12/h3-9H,1-2H3,(H,17,18,19). The van der Waals surface area contributed by atoms with Gasteiger partial charge >= 0.3 is 0 Å². The summed E-state index contributed by atoms with van der Waals surface area (Å²) in [7, 11) is 3.22. The first-order chi connectivity index (χ1) is 10.3. The van der Waals surface area contributed by atoms with Gasteiger partial charge in [-0.15, -0.1) is 0 Å². The van der Waals surface area contributed by atoms with Crippen LogP contribution in [0.15, 0.2) is 42.6 Å². The minimum absolute atomic E-state index is 0.534. The van der Waals surface area contributed by atoms with Crippen LogP contribution in [0.2, 0.25) is 0 Å². The zero-order valence-corrected chi connectivity index (χ0v) is 11.7. The van der Waals surface area contributed by atoms with Crippen molar-refractivity contribution in [3.05, 3.63) is 42.6 Å². The third kappa shape index (κ3) is 2.55. The molecule has 0 atom stereocenters. The molecule has 0 spiro atoms. The van der Waals surface area contributed by atoms with Crippen LogP contribution >= 0.6 is 0 Å². The van der Waals surface area contributed by atoms with Crippen LogP contribution in [0.25, 0.3) is 22.9 Å². The van der Waals surface area contributed by atoms with E-state index in [1.165, 1.54) is 0 Å². The topological polar surface area (TPSA) is 72.9 Å². The van der Waals surface area contributed by atoms with Gasteiger partial charge in [-0.05, 0) is 30.3 Å². The number of rotatable bonds is 4. The third-order valence-corrected chi connectivity index (χ3v) is 3.04. The molecular formula is C15H14N4O2. The minimum Gasteiger partial charge on any atom is -0.497 e. The maximum atomic E-state index is 5.35. The second kappa shape index (κ2) is 5.62. The molecule has 0 aliphatic carbocycles. The molecule has 1 aromatic carbocycles. The summed E-state index contributed by atoms with van der Waals surface area (Å²) in [4.78, 5) is 8.71. The van der Waals surface area contributed by atoms with E-state index in [4.69, 9.17) is 9.47 Å². The Hall–Kier alpha value is -2.89. The maximum Gasteiger partial charge on any atom is 0.185 e. The molecule has 2 aromatic heterocycles. The lowest BCUT2D eigenvalue weighted by molar-refractivity contribution is 0.404. The number of methoxy groups -OCH3 is 2. The van der Waals surface area contributed by atoms with Crippen molar-refractivity contribution in [1.82, 2.24) is 20.2 Å². The number of hydrogen-bond acceptors (Lipinski definition) is 5. The zero-order chi connectivity index (χ0) is 14.7. The van der Waals surface area contributed by atoms with Crippen molar-refractivity contribution in [2.45, 2.75) is 0 Å². The van der Waals surface area contributed by atoms with E-state index in [0.717, 1.165) is 17.0 Å². The van der Waals surface area contributed by atoms with E-state index in [2.05, 4.69) is 20.2 Å². The number of aromatic nitrogens is 4. The molecule has 6 nitrogen and oxygen atoms in total. The van der Waals surface area contributed by atoms with E-state index in [0.29, 0.717) is 17.4 Å². The lowest BCUT2D eigenvalue weighted by Crippen LogP contribution is -1.91. The Bertz CT molecular complexity index is 740. The molecule has 3 rings (SSSR count). The summed E-state index contributed by atoms with van der Waals surface area (Å²) in [5.41, 5.74) is 1.49. The van der Waals surface area contributed by atoms with Crippen LogP contribution in [0.5, 0.6) is 11.5 Å². The average molecular weight is 282 g/mol. The van der Waals surface area contributed by atoms with Crippen molar-refractivity contribution in [2.75, 3.05) is 14.2 Å². The summed E-state index contributed by atoms with van der Waals surface area (Å²) in [5.74, 6) is 2.54. The second-order valence-corrected chi connectivity index (χ2v) is 4.29. The number of H-pyrrole nitrogens is 1. The molecule has 21 heavy (non-hydrogen) atoms. The lowest BCUT2D eigenvalue weighted by atomic mass is 10.2. The van der Waals surface area contributed by atoms with Gasteiger partial charge in [0.15, 0.2) is 11.6 Å². The van der Waals surface area contributed by atoms with Gasteiger partial charge in [0.2, 0.25) is 0 Å². The maximum absolute atomic E-state index is 5.35. The highest BCUT2D eigenvalue weighted by atomic mass is 16.5. The first-order valence-electron chi connectivity index (χ1n) is 6.38. The first kappa shape index (κ1) is 13.1. The van der Waals surface area contributed by atoms with Crippen molar-refractivity contribution >= 4 is 0 Å². The summed E-state index contributed by atoms with van der Waals surface area (Å²) in [6.45, 7) is 0. The minimum atomic E-state index is 0.534. The SMILES string of the molecule is COc1ccc(OC)c(-c2n[nH]c(-c3ccccn3)n2)c1. The van der Waals surface area contributed by atoms with Gasteiger partial charge in [-0.25, -0.2) is 4.98 Å². The van der Waals surface area contributed by atoms with Crippen LogP contribution in [0.1, 0.15) is 0 Å². The van der Waals surface area contributed by atoms with E-state index in [1.807, 2.05) is 36.4 Å². The monoisotopic (exact) mass is 282 g/mol. The number of hydrogen-bond donors (Lipinski definition) is 1. The Labute approximate surface area is 121 Å². The fourth-order valence-corrected chi connectivity index (χ4v) is 1.99. The Kier molecular flexibility index (Phi) is 3.51. The van der Waals surface area contributed by atoms with Gasteiger partial charge < -0.3 is 9.47 Å². The van der Waals surface area contributed by atoms with Gasteiger partial charge in [0.05, 0.1) is 19.8 Å². The zero-order valence-electron chi connectivity index (χ0n) is 11.7. The van der Waals surface area contributed by atoms with Crippen molar-refractivity contribution in [2.24, 2.45) is 0 Å². The van der Waals surface area contributed by atoms with Crippen molar-refractivity contribution in [3.8, 4) is 34.4 Å². The molecule has 106 valence electrons. The number of nitrogens with zero attached hydrogens (tertiary/aromatic N) is 3. The number of aromatic amines is 1. The van der Waals surface area contributed by atoms with E-state index in [9.17, 15) is 0 Å². The molecular weight excluding hydrogens is 268 g/mol. The highest BCUT2D eigenvalue weighted by Crippen LogP contribution is 2.31. The molecule has 0 aliphatic rings. The summed E-state index contributed by atoms with van der Waals surface area (Å²) in [5, 5.41) is 7.12. The molecule has 6 heteroatoms. The van der Waals surface area contributed by atoms with Gasteiger partial charge in [-0.3, -0.25) is 10.1 Å². The Morgan fingerprint density at radius 2 is 1.95 bits per heavy atom. The van der Waals surface area contributed by atoms with Gasteiger partial charge in [0.25, 0.3) is 0 Å². The van der Waals surface area contributed by atoms with Crippen LogP contribution in [-0.2, 0) is 0 Å². The Morgan fingerprint density at radius 3 is 2.67 bits per heavy atom. The molecule has 0 saturated carbocycles. The summed E-state index contributed by atoms with van der Waals surface area (Å²) >= 11 is 0. The Balaban J connectivity index is 2.04. The van der Waals surface area contributed by atoms with Gasteiger partial charge in [0, 0.05) is 6.20 Å². The van der Waals surface area contributed by atoms with Crippen LogP contribution in [0, 0.1) is 0 Å². The molecule has 1 N–H and O–H groups in total. The number of nitrogens with one attached hydrogen (secondary N) is 1. The molecule has 0 bridgehead atoms. The molecule has 0 saturated heterocycles. The van der Waals surface area contributed by atoms with E-state index in [-0.39, 0.29) is 0 Å². The van der Waals surface area contributed by atoms with Crippen LogP contribution < -0.4 is 9.47 Å². The average Bonchev–Trinajstić information content (AvgIpc) is 3.05. The van der Waals surface area contributed by atoms with Crippen LogP contribution in [0.3, 0.4) is 0 Å². The normalized spacial score (nSPS) is 10.4. The second-order valence-electron chi connectivity index (χ2n) is 4.29. The molecule has 2 heterocycles. The largest absolute Gasteiger partial charge is 0.497 e. The number of pyridine rings is 1. The van der Waals surface area contributed by atoms with Crippen molar-refractivity contribution in [3.63, 3.8) is 0 Å². The predicted octanol–water partition coefficient (Wildman–Crippen LogP) is 2.55. The molecule has 0 radical (unpaired) electrons. The third-order valence-electron chi connectivity index (χ3n) is 3.04. The van der Waals surface area contributed by atoms with E-state index >= 15 is 0 Å². The Morgan fingerprint density at radius 1 is 1.05 bits per heavy atom. The van der Waals surface area contributed by atoms with E-state index in [1.54, 1.807) is 20.4 Å². The fraction of sp³-hybridized carbons (Fsp3) is 0.133. The molecule has 3 aromatic rings. The quantitative estimate of drug-likeness (QED) is 0.796. The lowest BCUT2D eigenvalue weighted by Gasteiger charge is -2.07. The molecule has 0 fully saturated rings. The van der Waals surface area contributed by atoms with Crippen LogP contribution in [-0.4, -0.2) is 34.4 Å². The summed E-state index contributed by atoms with van der Waals surface area (Å²) < 4.78 is 10.6. The predicted molar refractivity (Wildman–Crippen MR) is 78.2 cm³/mol. The highest BCUT2D eigenvalue weighted by Gasteiger charge is 2.14. The summed E-state index contributed by atoms with van der Waals surface area (Å²) in [6, 6.07) is 11.1. The van der Waals surface area contributed by atoms with Crippen LogP contribution in [0.4, 0.5) is 0 Å². The number of benzene rings is 1. The first-order valence-corrected chi connectivity index (χ1v) is 6.38. The van der Waals surface area contributed by atoms with Crippen molar-refractivity contribution in [1.29, 1.82) is 0 Å². The van der Waals surface area contributed by atoms with Gasteiger partial charge in [-0.2, -0.15) is 5.10 Å². The molecule has 0 aliphatic heterocycles. The molecule has 0 amide bonds. The summed E-state index contributed by atoms with van der Waals surface area (Å²) in [6.07, 6.45) is 1.71. The highest BCUT2D eigenvalue weighted by molar-refractivity contribution is 5.67. The van der Waals surface area contributed by atoms with Crippen molar-refractivity contribution < 1.29 is 9.47 Å². The van der Waals surface area contributed by atoms with E-state index < -0.39 is 0 Å².